The zero-order chi connectivity index (χ0) is 16.2. The van der Waals surface area contributed by atoms with Gasteiger partial charge in [0, 0.05) is 24.8 Å². The minimum Gasteiger partial charge on any atom is -0.340 e. The molecule has 1 aromatic carbocycles. The molecule has 1 aliphatic rings. The van der Waals surface area contributed by atoms with E-state index in [0.29, 0.717) is 17.3 Å². The third-order valence-electron chi connectivity index (χ3n) is 4.11. The zero-order valence-corrected chi connectivity index (χ0v) is 13.7. The number of nitrogens with one attached hydrogen (secondary N) is 1. The van der Waals surface area contributed by atoms with E-state index < -0.39 is 0 Å². The van der Waals surface area contributed by atoms with Gasteiger partial charge in [-0.3, -0.25) is 4.79 Å². The molecular formula is C18H22N4O. The van der Waals surface area contributed by atoms with Crippen LogP contribution in [0.3, 0.4) is 0 Å². The van der Waals surface area contributed by atoms with E-state index in [-0.39, 0.29) is 5.91 Å². The first-order chi connectivity index (χ1) is 11.1. The molecule has 0 saturated carbocycles. The van der Waals surface area contributed by atoms with Crippen molar-refractivity contribution in [2.45, 2.75) is 33.1 Å². The fourth-order valence-corrected chi connectivity index (χ4v) is 2.85. The Hall–Kier alpha value is -2.43. The molecule has 2 heterocycles. The lowest BCUT2D eigenvalue weighted by molar-refractivity contribution is 0.0718. The maximum Gasteiger partial charge on any atom is 0.272 e. The number of carbonyl (C=O) groups excluding carboxylic acids is 1. The third-order valence-corrected chi connectivity index (χ3v) is 4.11. The van der Waals surface area contributed by atoms with Crippen molar-refractivity contribution in [2.75, 3.05) is 18.4 Å². The second-order valence-corrected chi connectivity index (χ2v) is 5.98. The summed E-state index contributed by atoms with van der Waals surface area (Å²) >= 11 is 0. The van der Waals surface area contributed by atoms with Crippen LogP contribution in [0.25, 0.3) is 0 Å². The van der Waals surface area contributed by atoms with Crippen molar-refractivity contribution >= 4 is 17.4 Å². The van der Waals surface area contributed by atoms with Crippen LogP contribution < -0.4 is 5.32 Å². The Morgan fingerprint density at radius 3 is 2.57 bits per heavy atom. The molecule has 1 amide bonds. The van der Waals surface area contributed by atoms with Gasteiger partial charge < -0.3 is 10.2 Å². The highest BCUT2D eigenvalue weighted by Gasteiger charge is 2.20. The SMILES string of the molecule is Cc1nc(Nc2ccccc2C)cc(C(=O)N2CCCCC2)n1. The molecule has 0 atom stereocenters. The van der Waals surface area contributed by atoms with Gasteiger partial charge in [0.25, 0.3) is 5.91 Å². The summed E-state index contributed by atoms with van der Waals surface area (Å²) in [5, 5.41) is 3.29. The summed E-state index contributed by atoms with van der Waals surface area (Å²) in [5.74, 6) is 1.26. The summed E-state index contributed by atoms with van der Waals surface area (Å²) < 4.78 is 0. The van der Waals surface area contributed by atoms with Crippen molar-refractivity contribution in [3.8, 4) is 0 Å². The van der Waals surface area contributed by atoms with Crippen LogP contribution in [-0.2, 0) is 0 Å². The minimum absolute atomic E-state index is 0.00281. The number of anilines is 2. The predicted octanol–water partition coefficient (Wildman–Crippen LogP) is 3.46. The number of rotatable bonds is 3. The first-order valence-corrected chi connectivity index (χ1v) is 8.11. The number of aryl methyl sites for hydroxylation is 2. The minimum atomic E-state index is 0.00281. The van der Waals surface area contributed by atoms with E-state index in [0.717, 1.165) is 37.2 Å². The van der Waals surface area contributed by atoms with Gasteiger partial charge in [0.15, 0.2) is 0 Å². The van der Waals surface area contributed by atoms with Gasteiger partial charge in [-0.05, 0) is 44.7 Å². The third kappa shape index (κ3) is 3.67. The van der Waals surface area contributed by atoms with Gasteiger partial charge in [-0.25, -0.2) is 9.97 Å². The monoisotopic (exact) mass is 310 g/mol. The number of piperidine rings is 1. The molecule has 2 aromatic rings. The summed E-state index contributed by atoms with van der Waals surface area (Å²) in [6.45, 7) is 5.50. The number of amides is 1. The lowest BCUT2D eigenvalue weighted by atomic mass is 10.1. The van der Waals surface area contributed by atoms with Crippen LogP contribution in [0.1, 0.15) is 41.1 Å². The topological polar surface area (TPSA) is 58.1 Å². The highest BCUT2D eigenvalue weighted by Crippen LogP contribution is 2.20. The Labute approximate surface area is 136 Å². The Morgan fingerprint density at radius 1 is 1.09 bits per heavy atom. The van der Waals surface area contributed by atoms with Crippen LogP contribution in [0.5, 0.6) is 0 Å². The number of benzene rings is 1. The molecule has 1 saturated heterocycles. The van der Waals surface area contributed by atoms with Crippen molar-refractivity contribution in [3.05, 3.63) is 47.4 Å². The Bertz CT molecular complexity index is 708. The molecule has 0 aliphatic carbocycles. The lowest BCUT2D eigenvalue weighted by Gasteiger charge is -2.26. The number of hydrogen-bond acceptors (Lipinski definition) is 4. The van der Waals surface area contributed by atoms with Gasteiger partial charge in [0.05, 0.1) is 0 Å². The number of hydrogen-bond donors (Lipinski definition) is 1. The number of aromatic nitrogens is 2. The Kier molecular flexibility index (Phi) is 4.55. The number of likely N-dealkylation sites (tertiary alicyclic amines) is 1. The molecule has 3 rings (SSSR count). The molecule has 0 radical (unpaired) electrons. The normalized spacial score (nSPS) is 14.6. The standard InChI is InChI=1S/C18H22N4O/c1-13-8-4-5-9-15(13)21-17-12-16(19-14(2)20-17)18(23)22-10-6-3-7-11-22/h4-5,8-9,12H,3,6-7,10-11H2,1-2H3,(H,19,20,21). The average molecular weight is 310 g/mol. The Morgan fingerprint density at radius 2 is 1.83 bits per heavy atom. The molecule has 0 spiro atoms. The van der Waals surface area contributed by atoms with Crippen LogP contribution in [0.2, 0.25) is 0 Å². The molecule has 5 heteroatoms. The van der Waals surface area contributed by atoms with Crippen LogP contribution >= 0.6 is 0 Å². The smallest absolute Gasteiger partial charge is 0.272 e. The van der Waals surface area contributed by atoms with Gasteiger partial charge in [-0.2, -0.15) is 0 Å². The highest BCUT2D eigenvalue weighted by atomic mass is 16.2. The molecule has 120 valence electrons. The number of nitrogens with zero attached hydrogens (tertiary/aromatic N) is 3. The number of para-hydroxylation sites is 1. The van der Waals surface area contributed by atoms with Crippen LogP contribution in [0.15, 0.2) is 30.3 Å². The molecule has 1 aromatic heterocycles. The van der Waals surface area contributed by atoms with E-state index in [9.17, 15) is 4.79 Å². The van der Waals surface area contributed by atoms with E-state index in [4.69, 9.17) is 0 Å². The second kappa shape index (κ2) is 6.77. The molecule has 23 heavy (non-hydrogen) atoms. The molecule has 1 fully saturated rings. The fourth-order valence-electron chi connectivity index (χ4n) is 2.85. The highest BCUT2D eigenvalue weighted by molar-refractivity contribution is 5.93. The molecule has 0 unspecified atom stereocenters. The van der Waals surface area contributed by atoms with E-state index in [1.54, 1.807) is 6.07 Å². The molecule has 1 aliphatic heterocycles. The van der Waals surface area contributed by atoms with Crippen molar-refractivity contribution in [1.29, 1.82) is 0 Å². The fraction of sp³-hybridized carbons (Fsp3) is 0.389. The summed E-state index contributed by atoms with van der Waals surface area (Å²) in [5.41, 5.74) is 2.59. The van der Waals surface area contributed by atoms with Gasteiger partial charge in [-0.15, -0.1) is 0 Å². The molecule has 0 bridgehead atoms. The van der Waals surface area contributed by atoms with E-state index >= 15 is 0 Å². The maximum atomic E-state index is 12.6. The summed E-state index contributed by atoms with van der Waals surface area (Å²) in [4.78, 5) is 23.3. The average Bonchev–Trinajstić information content (AvgIpc) is 2.56. The van der Waals surface area contributed by atoms with E-state index in [1.165, 1.54) is 6.42 Å². The quantitative estimate of drug-likeness (QED) is 0.943. The number of carbonyl (C=O) groups is 1. The van der Waals surface area contributed by atoms with Crippen molar-refractivity contribution in [2.24, 2.45) is 0 Å². The largest absolute Gasteiger partial charge is 0.340 e. The van der Waals surface area contributed by atoms with Gasteiger partial charge in [0.2, 0.25) is 0 Å². The van der Waals surface area contributed by atoms with Gasteiger partial charge in [0.1, 0.15) is 17.3 Å². The van der Waals surface area contributed by atoms with Gasteiger partial charge in [-0.1, -0.05) is 18.2 Å². The first kappa shape index (κ1) is 15.5. The zero-order valence-electron chi connectivity index (χ0n) is 13.7. The molecule has 1 N–H and O–H groups in total. The summed E-state index contributed by atoms with van der Waals surface area (Å²) in [7, 11) is 0. The van der Waals surface area contributed by atoms with Crippen LogP contribution in [-0.4, -0.2) is 33.9 Å². The maximum absolute atomic E-state index is 12.6. The molecular weight excluding hydrogens is 288 g/mol. The van der Waals surface area contributed by atoms with E-state index in [2.05, 4.69) is 15.3 Å². The van der Waals surface area contributed by atoms with Crippen molar-refractivity contribution in [3.63, 3.8) is 0 Å². The van der Waals surface area contributed by atoms with E-state index in [1.807, 2.05) is 43.0 Å². The second-order valence-electron chi connectivity index (χ2n) is 5.98. The van der Waals surface area contributed by atoms with Crippen LogP contribution in [0.4, 0.5) is 11.5 Å². The van der Waals surface area contributed by atoms with Crippen LogP contribution in [0, 0.1) is 13.8 Å². The first-order valence-electron chi connectivity index (χ1n) is 8.11. The van der Waals surface area contributed by atoms with Gasteiger partial charge >= 0.3 is 0 Å². The molecule has 5 nitrogen and oxygen atoms in total. The summed E-state index contributed by atoms with van der Waals surface area (Å²) in [6, 6.07) is 9.76. The predicted molar refractivity (Wildman–Crippen MR) is 91.0 cm³/mol. The lowest BCUT2D eigenvalue weighted by Crippen LogP contribution is -2.36. The van der Waals surface area contributed by atoms with Crippen molar-refractivity contribution in [1.82, 2.24) is 14.9 Å². The van der Waals surface area contributed by atoms with Crippen molar-refractivity contribution < 1.29 is 4.79 Å². The Balaban J connectivity index is 1.84. The summed E-state index contributed by atoms with van der Waals surface area (Å²) in [6.07, 6.45) is 3.35.